The third kappa shape index (κ3) is 3.34. The molecule has 16 heavy (non-hydrogen) atoms. The number of nitrogens with one attached hydrogen (secondary N) is 1. The van der Waals surface area contributed by atoms with E-state index in [1.54, 1.807) is 0 Å². The van der Waals surface area contributed by atoms with E-state index < -0.39 is 0 Å². The van der Waals surface area contributed by atoms with Gasteiger partial charge in [-0.15, -0.1) is 0 Å². The van der Waals surface area contributed by atoms with Crippen molar-refractivity contribution in [2.75, 3.05) is 0 Å². The molecule has 0 saturated heterocycles. The first-order valence-corrected chi connectivity index (χ1v) is 6.64. The lowest BCUT2D eigenvalue weighted by molar-refractivity contribution is 0.458. The second kappa shape index (κ2) is 6.05. The van der Waals surface area contributed by atoms with Crippen LogP contribution in [-0.2, 0) is 6.54 Å². The Kier molecular flexibility index (Phi) is 4.41. The van der Waals surface area contributed by atoms with E-state index in [-0.39, 0.29) is 0 Å². The summed E-state index contributed by atoms with van der Waals surface area (Å²) < 4.78 is 0. The largest absolute Gasteiger partial charge is 0.310 e. The van der Waals surface area contributed by atoms with Gasteiger partial charge in [-0.1, -0.05) is 49.9 Å². The Bertz CT molecular complexity index is 311. The fraction of sp³-hybridized carbons (Fsp3) is 0.600. The van der Waals surface area contributed by atoms with Gasteiger partial charge in [0.15, 0.2) is 0 Å². The van der Waals surface area contributed by atoms with Crippen molar-refractivity contribution in [2.45, 2.75) is 58.0 Å². The van der Waals surface area contributed by atoms with Crippen LogP contribution in [0.3, 0.4) is 0 Å². The Morgan fingerprint density at radius 3 is 2.44 bits per heavy atom. The van der Waals surface area contributed by atoms with Crippen LogP contribution in [0.2, 0.25) is 0 Å². The molecule has 0 radical (unpaired) electrons. The standard InChI is InChI=1S/C15H23N/c1-13-8-6-7-9-14(13)12-16-15-10-4-2-3-5-11-15/h6-9,15-16H,2-5,10-12H2,1H3. The predicted octanol–water partition coefficient (Wildman–Crippen LogP) is 3.81. The van der Waals surface area contributed by atoms with E-state index in [1.807, 2.05) is 0 Å². The number of hydrogen-bond acceptors (Lipinski definition) is 1. The number of rotatable bonds is 3. The van der Waals surface area contributed by atoms with Crippen LogP contribution < -0.4 is 5.32 Å². The number of aryl methyl sites for hydroxylation is 1. The minimum absolute atomic E-state index is 0.752. The van der Waals surface area contributed by atoms with Crippen LogP contribution in [0.4, 0.5) is 0 Å². The summed E-state index contributed by atoms with van der Waals surface area (Å²) in [6, 6.07) is 9.44. The van der Waals surface area contributed by atoms with Gasteiger partial charge in [-0.25, -0.2) is 0 Å². The molecule has 1 aromatic carbocycles. The fourth-order valence-corrected chi connectivity index (χ4v) is 2.55. The summed E-state index contributed by atoms with van der Waals surface area (Å²) in [5.74, 6) is 0. The first-order valence-electron chi connectivity index (χ1n) is 6.64. The van der Waals surface area contributed by atoms with Crippen LogP contribution in [0.15, 0.2) is 24.3 Å². The Hall–Kier alpha value is -0.820. The van der Waals surface area contributed by atoms with E-state index in [1.165, 1.54) is 49.7 Å². The number of hydrogen-bond donors (Lipinski definition) is 1. The summed E-state index contributed by atoms with van der Waals surface area (Å²) >= 11 is 0. The molecule has 1 saturated carbocycles. The third-order valence-electron chi connectivity index (χ3n) is 3.70. The lowest BCUT2D eigenvalue weighted by Gasteiger charge is -2.17. The monoisotopic (exact) mass is 217 g/mol. The third-order valence-corrected chi connectivity index (χ3v) is 3.70. The molecule has 0 unspecified atom stereocenters. The summed E-state index contributed by atoms with van der Waals surface area (Å²) in [7, 11) is 0. The van der Waals surface area contributed by atoms with Crippen molar-refractivity contribution in [3.63, 3.8) is 0 Å². The van der Waals surface area contributed by atoms with Gasteiger partial charge in [0, 0.05) is 12.6 Å². The molecule has 1 N–H and O–H groups in total. The molecule has 0 bridgehead atoms. The highest BCUT2D eigenvalue weighted by atomic mass is 14.9. The van der Waals surface area contributed by atoms with Crippen molar-refractivity contribution < 1.29 is 0 Å². The van der Waals surface area contributed by atoms with E-state index in [0.717, 1.165) is 12.6 Å². The number of benzene rings is 1. The van der Waals surface area contributed by atoms with Gasteiger partial charge in [0.1, 0.15) is 0 Å². The highest BCUT2D eigenvalue weighted by Gasteiger charge is 2.11. The molecular weight excluding hydrogens is 194 g/mol. The Morgan fingerprint density at radius 1 is 1.06 bits per heavy atom. The molecule has 88 valence electrons. The molecule has 2 rings (SSSR count). The molecule has 1 aliphatic rings. The zero-order valence-corrected chi connectivity index (χ0v) is 10.3. The summed E-state index contributed by atoms with van der Waals surface area (Å²) in [4.78, 5) is 0. The van der Waals surface area contributed by atoms with Gasteiger partial charge < -0.3 is 5.32 Å². The van der Waals surface area contributed by atoms with E-state index in [4.69, 9.17) is 0 Å². The molecule has 0 aliphatic heterocycles. The second-order valence-corrected chi connectivity index (χ2v) is 5.00. The molecule has 0 atom stereocenters. The first kappa shape index (κ1) is 11.7. The molecule has 0 aromatic heterocycles. The molecule has 0 amide bonds. The zero-order valence-electron chi connectivity index (χ0n) is 10.3. The summed E-state index contributed by atoms with van der Waals surface area (Å²) in [5, 5.41) is 3.72. The molecule has 0 heterocycles. The lowest BCUT2D eigenvalue weighted by atomic mass is 10.1. The summed E-state index contributed by atoms with van der Waals surface area (Å²) in [6.07, 6.45) is 8.42. The average molecular weight is 217 g/mol. The van der Waals surface area contributed by atoms with Crippen molar-refractivity contribution in [3.05, 3.63) is 35.4 Å². The fourth-order valence-electron chi connectivity index (χ4n) is 2.55. The van der Waals surface area contributed by atoms with Crippen LogP contribution in [0.1, 0.15) is 49.7 Å². The van der Waals surface area contributed by atoms with Gasteiger partial charge in [-0.3, -0.25) is 0 Å². The quantitative estimate of drug-likeness (QED) is 0.759. The lowest BCUT2D eigenvalue weighted by Crippen LogP contribution is -2.28. The van der Waals surface area contributed by atoms with Crippen molar-refractivity contribution in [3.8, 4) is 0 Å². The van der Waals surface area contributed by atoms with Gasteiger partial charge >= 0.3 is 0 Å². The predicted molar refractivity (Wildman–Crippen MR) is 69.5 cm³/mol. The zero-order chi connectivity index (χ0) is 11.2. The topological polar surface area (TPSA) is 12.0 Å². The van der Waals surface area contributed by atoms with Crippen molar-refractivity contribution in [1.82, 2.24) is 5.32 Å². The SMILES string of the molecule is Cc1ccccc1CNC1CCCCCC1. The highest BCUT2D eigenvalue weighted by molar-refractivity contribution is 5.25. The van der Waals surface area contributed by atoms with E-state index in [9.17, 15) is 0 Å². The maximum absolute atomic E-state index is 3.72. The van der Waals surface area contributed by atoms with Crippen LogP contribution in [0, 0.1) is 6.92 Å². The van der Waals surface area contributed by atoms with Crippen LogP contribution in [0.5, 0.6) is 0 Å². The minimum atomic E-state index is 0.752. The van der Waals surface area contributed by atoms with Crippen LogP contribution in [-0.4, -0.2) is 6.04 Å². The van der Waals surface area contributed by atoms with Gasteiger partial charge in [0.25, 0.3) is 0 Å². The van der Waals surface area contributed by atoms with E-state index in [2.05, 4.69) is 36.5 Å². The Labute approximate surface area is 99.3 Å². The molecule has 1 nitrogen and oxygen atoms in total. The van der Waals surface area contributed by atoms with Crippen molar-refractivity contribution in [2.24, 2.45) is 0 Å². The average Bonchev–Trinajstić information content (AvgIpc) is 2.56. The van der Waals surface area contributed by atoms with Crippen LogP contribution in [0.25, 0.3) is 0 Å². The normalized spacial score (nSPS) is 18.3. The minimum Gasteiger partial charge on any atom is -0.310 e. The maximum atomic E-state index is 3.72. The van der Waals surface area contributed by atoms with Crippen LogP contribution >= 0.6 is 0 Å². The van der Waals surface area contributed by atoms with Gasteiger partial charge in [0.2, 0.25) is 0 Å². The highest BCUT2D eigenvalue weighted by Crippen LogP contribution is 2.18. The van der Waals surface area contributed by atoms with Gasteiger partial charge in [-0.2, -0.15) is 0 Å². The second-order valence-electron chi connectivity index (χ2n) is 5.00. The summed E-state index contributed by atoms with van der Waals surface area (Å²) in [6.45, 7) is 3.24. The summed E-state index contributed by atoms with van der Waals surface area (Å²) in [5.41, 5.74) is 2.86. The van der Waals surface area contributed by atoms with Crippen molar-refractivity contribution >= 4 is 0 Å². The van der Waals surface area contributed by atoms with Gasteiger partial charge in [-0.05, 0) is 30.9 Å². The smallest absolute Gasteiger partial charge is 0.0210 e. The molecule has 1 aromatic rings. The van der Waals surface area contributed by atoms with Gasteiger partial charge in [0.05, 0.1) is 0 Å². The van der Waals surface area contributed by atoms with E-state index >= 15 is 0 Å². The molecule has 1 aliphatic carbocycles. The molecule has 0 spiro atoms. The van der Waals surface area contributed by atoms with Crippen molar-refractivity contribution in [1.29, 1.82) is 0 Å². The Balaban J connectivity index is 1.84. The first-order chi connectivity index (χ1) is 7.86. The van der Waals surface area contributed by atoms with E-state index in [0.29, 0.717) is 0 Å². The molecular formula is C15H23N. The Morgan fingerprint density at radius 2 is 1.75 bits per heavy atom. The maximum Gasteiger partial charge on any atom is 0.0210 e. The molecule has 1 heteroatoms. The molecule has 1 fully saturated rings.